The molecule has 8 heteroatoms. The summed E-state index contributed by atoms with van der Waals surface area (Å²) in [4.78, 5) is 24.4. The van der Waals surface area contributed by atoms with Crippen LogP contribution in [0.3, 0.4) is 0 Å². The second-order valence-electron chi connectivity index (χ2n) is 6.16. The first kappa shape index (κ1) is 17.2. The van der Waals surface area contributed by atoms with E-state index in [0.717, 1.165) is 0 Å². The maximum absolute atomic E-state index is 12.2. The molecule has 0 aliphatic carbocycles. The Kier molecular flexibility index (Phi) is 4.54. The van der Waals surface area contributed by atoms with Crippen LogP contribution in [0.25, 0.3) is 0 Å². The molecule has 134 valence electrons. The summed E-state index contributed by atoms with van der Waals surface area (Å²) in [6, 6.07) is 0. The molecule has 3 heterocycles. The molecule has 3 rings (SSSR count). The van der Waals surface area contributed by atoms with Gasteiger partial charge in [-0.1, -0.05) is 0 Å². The van der Waals surface area contributed by atoms with E-state index < -0.39 is 48.2 Å². The van der Waals surface area contributed by atoms with Gasteiger partial charge in [-0.3, -0.25) is 4.79 Å². The van der Waals surface area contributed by atoms with Gasteiger partial charge in [-0.05, 0) is 33.8 Å². The molecule has 0 spiro atoms. The van der Waals surface area contributed by atoms with Crippen LogP contribution in [-0.2, 0) is 38.0 Å². The first-order valence-corrected chi connectivity index (χ1v) is 8.09. The molecule has 24 heavy (non-hydrogen) atoms. The lowest BCUT2D eigenvalue weighted by molar-refractivity contribution is -0.202. The molecule has 3 aliphatic heterocycles. The third-order valence-electron chi connectivity index (χ3n) is 3.96. The van der Waals surface area contributed by atoms with Gasteiger partial charge in [-0.15, -0.1) is 0 Å². The quantitative estimate of drug-likeness (QED) is 0.696. The molecule has 2 saturated heterocycles. The summed E-state index contributed by atoms with van der Waals surface area (Å²) in [5, 5.41) is 0. The summed E-state index contributed by atoms with van der Waals surface area (Å²) in [6.07, 6.45) is -1.33. The molecule has 0 N–H and O–H groups in total. The van der Waals surface area contributed by atoms with Crippen molar-refractivity contribution in [2.45, 2.75) is 58.1 Å². The van der Waals surface area contributed by atoms with Crippen molar-refractivity contribution in [2.24, 2.45) is 5.92 Å². The fourth-order valence-corrected chi connectivity index (χ4v) is 3.06. The van der Waals surface area contributed by atoms with Crippen molar-refractivity contribution in [3.05, 3.63) is 11.8 Å². The predicted molar refractivity (Wildman–Crippen MR) is 78.4 cm³/mol. The highest BCUT2D eigenvalue weighted by Crippen LogP contribution is 2.43. The SMILES string of the molecule is CCOC(=O)[C@H]1O[C@@H]2C(=C[C@H]1C(=O)OCC)O[C@@H]1OC(C)(C)O[C@@H]12. The highest BCUT2D eigenvalue weighted by molar-refractivity contribution is 5.85. The Balaban J connectivity index is 1.85. The highest BCUT2D eigenvalue weighted by Gasteiger charge is 2.58. The van der Waals surface area contributed by atoms with E-state index in [4.69, 9.17) is 28.4 Å². The van der Waals surface area contributed by atoms with Gasteiger partial charge in [0.2, 0.25) is 6.29 Å². The number of carbonyl (C=O) groups excluding carboxylic acids is 2. The van der Waals surface area contributed by atoms with Crippen LogP contribution >= 0.6 is 0 Å². The maximum Gasteiger partial charge on any atom is 0.336 e. The highest BCUT2D eigenvalue weighted by atomic mass is 16.8. The fraction of sp³-hybridized carbons (Fsp3) is 0.750. The molecule has 0 unspecified atom stereocenters. The van der Waals surface area contributed by atoms with Crippen LogP contribution in [0, 0.1) is 5.92 Å². The van der Waals surface area contributed by atoms with Crippen LogP contribution in [-0.4, -0.2) is 55.5 Å². The molecule has 0 radical (unpaired) electrons. The summed E-state index contributed by atoms with van der Waals surface area (Å²) < 4.78 is 33.0. The monoisotopic (exact) mass is 342 g/mol. The van der Waals surface area contributed by atoms with Crippen LogP contribution in [0.2, 0.25) is 0 Å². The Morgan fingerprint density at radius 3 is 2.46 bits per heavy atom. The van der Waals surface area contributed by atoms with Gasteiger partial charge < -0.3 is 28.4 Å². The second-order valence-corrected chi connectivity index (χ2v) is 6.16. The smallest absolute Gasteiger partial charge is 0.336 e. The number of ether oxygens (including phenoxy) is 6. The number of esters is 2. The van der Waals surface area contributed by atoms with E-state index in [0.29, 0.717) is 5.76 Å². The molecule has 0 aromatic carbocycles. The Bertz CT molecular complexity index is 554. The standard InChI is InChI=1S/C16H22O8/c1-5-19-13(17)8-7-9-11(22-10(8)14(18)20-6-2)12-15(21-9)24-16(3,4)23-12/h7-8,10-12,15H,5-6H2,1-4H3/t8-,10+,11-,12-,15-/m1/s1. The Labute approximate surface area is 140 Å². The molecule has 2 fully saturated rings. The van der Waals surface area contributed by atoms with Gasteiger partial charge in [0.05, 0.1) is 13.2 Å². The summed E-state index contributed by atoms with van der Waals surface area (Å²) in [5.41, 5.74) is 0. The Hall–Kier alpha value is -1.64. The predicted octanol–water partition coefficient (Wildman–Crippen LogP) is 0.888. The molecule has 0 amide bonds. The Morgan fingerprint density at radius 1 is 1.12 bits per heavy atom. The van der Waals surface area contributed by atoms with Crippen LogP contribution in [0.4, 0.5) is 0 Å². The van der Waals surface area contributed by atoms with Gasteiger partial charge in [-0.2, -0.15) is 0 Å². The van der Waals surface area contributed by atoms with Crippen molar-refractivity contribution in [3.8, 4) is 0 Å². The van der Waals surface area contributed by atoms with Crippen molar-refractivity contribution in [2.75, 3.05) is 13.2 Å². The van der Waals surface area contributed by atoms with Gasteiger partial charge >= 0.3 is 11.9 Å². The maximum atomic E-state index is 12.2. The van der Waals surface area contributed by atoms with E-state index in [1.807, 2.05) is 0 Å². The molecule has 5 atom stereocenters. The van der Waals surface area contributed by atoms with E-state index in [9.17, 15) is 9.59 Å². The lowest BCUT2D eigenvalue weighted by atomic mass is 9.96. The van der Waals surface area contributed by atoms with E-state index >= 15 is 0 Å². The molecular formula is C16H22O8. The van der Waals surface area contributed by atoms with E-state index in [1.165, 1.54) is 0 Å². The van der Waals surface area contributed by atoms with Crippen molar-refractivity contribution in [1.29, 1.82) is 0 Å². The van der Waals surface area contributed by atoms with Crippen molar-refractivity contribution < 1.29 is 38.0 Å². The third kappa shape index (κ3) is 3.01. The summed E-state index contributed by atoms with van der Waals surface area (Å²) in [6.45, 7) is 7.30. The van der Waals surface area contributed by atoms with Crippen LogP contribution in [0.5, 0.6) is 0 Å². The van der Waals surface area contributed by atoms with Gasteiger partial charge in [-0.25, -0.2) is 4.79 Å². The first-order chi connectivity index (χ1) is 11.4. The van der Waals surface area contributed by atoms with E-state index in [-0.39, 0.29) is 13.2 Å². The van der Waals surface area contributed by atoms with E-state index in [1.54, 1.807) is 33.8 Å². The summed E-state index contributed by atoms with van der Waals surface area (Å²) in [7, 11) is 0. The van der Waals surface area contributed by atoms with Gasteiger partial charge in [0.25, 0.3) is 0 Å². The van der Waals surface area contributed by atoms with E-state index in [2.05, 4.69) is 0 Å². The topological polar surface area (TPSA) is 89.5 Å². The Morgan fingerprint density at radius 2 is 1.79 bits per heavy atom. The molecule has 0 aromatic heterocycles. The summed E-state index contributed by atoms with van der Waals surface area (Å²) in [5.74, 6) is -2.50. The number of hydrogen-bond acceptors (Lipinski definition) is 8. The normalized spacial score (nSPS) is 36.2. The first-order valence-electron chi connectivity index (χ1n) is 8.09. The summed E-state index contributed by atoms with van der Waals surface area (Å²) >= 11 is 0. The van der Waals surface area contributed by atoms with Crippen molar-refractivity contribution in [3.63, 3.8) is 0 Å². The minimum atomic E-state index is -1.10. The average molecular weight is 342 g/mol. The molecule has 0 aromatic rings. The number of carbonyl (C=O) groups is 2. The zero-order valence-electron chi connectivity index (χ0n) is 14.1. The largest absolute Gasteiger partial charge is 0.465 e. The lowest BCUT2D eigenvalue weighted by Crippen LogP contribution is -2.47. The van der Waals surface area contributed by atoms with Gasteiger partial charge in [0.1, 0.15) is 17.8 Å². The van der Waals surface area contributed by atoms with Crippen LogP contribution in [0.1, 0.15) is 27.7 Å². The number of hydrogen-bond donors (Lipinski definition) is 0. The number of fused-ring (bicyclic) bond motifs is 3. The fourth-order valence-electron chi connectivity index (χ4n) is 3.06. The number of rotatable bonds is 4. The zero-order chi connectivity index (χ0) is 17.5. The molecule has 3 aliphatic rings. The minimum absolute atomic E-state index is 0.185. The van der Waals surface area contributed by atoms with Crippen LogP contribution < -0.4 is 0 Å². The molecular weight excluding hydrogens is 320 g/mol. The lowest BCUT2D eigenvalue weighted by Gasteiger charge is -2.31. The second kappa shape index (κ2) is 6.34. The zero-order valence-corrected chi connectivity index (χ0v) is 14.1. The van der Waals surface area contributed by atoms with Crippen molar-refractivity contribution in [1.82, 2.24) is 0 Å². The molecule has 8 nitrogen and oxygen atoms in total. The molecule has 0 bridgehead atoms. The minimum Gasteiger partial charge on any atom is -0.465 e. The van der Waals surface area contributed by atoms with Crippen molar-refractivity contribution >= 4 is 11.9 Å². The van der Waals surface area contributed by atoms with Crippen LogP contribution in [0.15, 0.2) is 11.8 Å². The third-order valence-corrected chi connectivity index (χ3v) is 3.96. The van der Waals surface area contributed by atoms with Gasteiger partial charge in [0.15, 0.2) is 18.0 Å². The molecule has 0 saturated carbocycles. The average Bonchev–Trinajstić information content (AvgIpc) is 2.97. The van der Waals surface area contributed by atoms with Gasteiger partial charge in [0, 0.05) is 0 Å².